The minimum Gasteiger partial charge on any atom is -0.313 e. The van der Waals surface area contributed by atoms with Crippen LogP contribution in [-0.2, 0) is 0 Å². The van der Waals surface area contributed by atoms with Gasteiger partial charge in [-0.1, -0.05) is 41.9 Å². The topological polar surface area (TPSA) is 15.3 Å². The van der Waals surface area contributed by atoms with Gasteiger partial charge >= 0.3 is 0 Å². The molecule has 1 aromatic rings. The van der Waals surface area contributed by atoms with Crippen LogP contribution in [0.15, 0.2) is 28.7 Å². The van der Waals surface area contributed by atoms with E-state index in [-0.39, 0.29) is 0 Å². The molecule has 2 unspecified atom stereocenters. The first-order chi connectivity index (χ1) is 8.95. The maximum atomic E-state index is 3.49. The SMILES string of the molecule is CNC(CCN(C)C(C)C(C)C)c1ccc(Br)cc1. The first-order valence-corrected chi connectivity index (χ1v) is 7.88. The summed E-state index contributed by atoms with van der Waals surface area (Å²) in [6.45, 7) is 7.98. The molecular weight excluding hydrogens is 300 g/mol. The molecule has 0 aliphatic heterocycles. The molecule has 0 aromatic heterocycles. The van der Waals surface area contributed by atoms with Crippen LogP contribution >= 0.6 is 15.9 Å². The number of hydrogen-bond donors (Lipinski definition) is 1. The van der Waals surface area contributed by atoms with E-state index in [4.69, 9.17) is 0 Å². The molecule has 0 saturated carbocycles. The molecule has 0 amide bonds. The second kappa shape index (κ2) is 8.03. The monoisotopic (exact) mass is 326 g/mol. The quantitative estimate of drug-likeness (QED) is 0.812. The van der Waals surface area contributed by atoms with Crippen LogP contribution < -0.4 is 5.32 Å². The van der Waals surface area contributed by atoms with Crippen molar-refractivity contribution in [2.45, 2.75) is 39.3 Å². The molecule has 0 saturated heterocycles. The molecule has 108 valence electrons. The van der Waals surface area contributed by atoms with E-state index in [9.17, 15) is 0 Å². The van der Waals surface area contributed by atoms with Gasteiger partial charge in [0.25, 0.3) is 0 Å². The Labute approximate surface area is 126 Å². The average molecular weight is 327 g/mol. The van der Waals surface area contributed by atoms with Gasteiger partial charge in [0.2, 0.25) is 0 Å². The third kappa shape index (κ3) is 5.25. The van der Waals surface area contributed by atoms with E-state index in [0.717, 1.165) is 17.4 Å². The predicted octanol–water partition coefficient (Wildman–Crippen LogP) is 4.08. The Morgan fingerprint density at radius 2 is 1.74 bits per heavy atom. The van der Waals surface area contributed by atoms with Crippen molar-refractivity contribution in [1.29, 1.82) is 0 Å². The van der Waals surface area contributed by atoms with E-state index in [2.05, 4.69) is 78.2 Å². The lowest BCUT2D eigenvalue weighted by Crippen LogP contribution is -2.35. The summed E-state index contributed by atoms with van der Waals surface area (Å²) >= 11 is 3.49. The summed E-state index contributed by atoms with van der Waals surface area (Å²) in [7, 11) is 4.26. The Balaban J connectivity index is 2.56. The lowest BCUT2D eigenvalue weighted by atomic mass is 10.0. The van der Waals surface area contributed by atoms with Crippen molar-refractivity contribution < 1.29 is 0 Å². The molecule has 3 heteroatoms. The summed E-state index contributed by atoms with van der Waals surface area (Å²) in [5, 5.41) is 3.42. The molecule has 1 rings (SSSR count). The first kappa shape index (κ1) is 16.7. The van der Waals surface area contributed by atoms with Gasteiger partial charge in [0.05, 0.1) is 0 Å². The summed E-state index contributed by atoms with van der Waals surface area (Å²) in [4.78, 5) is 2.45. The summed E-state index contributed by atoms with van der Waals surface area (Å²) in [6, 6.07) is 9.66. The summed E-state index contributed by atoms with van der Waals surface area (Å²) in [5.74, 6) is 0.700. The lowest BCUT2D eigenvalue weighted by molar-refractivity contribution is 0.199. The van der Waals surface area contributed by atoms with Crippen molar-refractivity contribution in [1.82, 2.24) is 10.2 Å². The van der Waals surface area contributed by atoms with E-state index < -0.39 is 0 Å². The number of hydrogen-bond acceptors (Lipinski definition) is 2. The molecule has 2 nitrogen and oxygen atoms in total. The third-order valence-electron chi connectivity index (χ3n) is 4.05. The fourth-order valence-electron chi connectivity index (χ4n) is 2.22. The number of nitrogens with zero attached hydrogens (tertiary/aromatic N) is 1. The Kier molecular flexibility index (Phi) is 7.05. The summed E-state index contributed by atoms with van der Waals surface area (Å²) < 4.78 is 1.14. The third-order valence-corrected chi connectivity index (χ3v) is 4.58. The summed E-state index contributed by atoms with van der Waals surface area (Å²) in [6.07, 6.45) is 1.13. The fraction of sp³-hybridized carbons (Fsp3) is 0.625. The molecule has 0 radical (unpaired) electrons. The minimum atomic E-state index is 0.426. The highest BCUT2D eigenvalue weighted by molar-refractivity contribution is 9.10. The van der Waals surface area contributed by atoms with E-state index in [0.29, 0.717) is 18.0 Å². The van der Waals surface area contributed by atoms with Crippen LogP contribution in [0.25, 0.3) is 0 Å². The number of nitrogens with one attached hydrogen (secondary N) is 1. The summed E-state index contributed by atoms with van der Waals surface area (Å²) in [5.41, 5.74) is 1.36. The molecule has 0 bridgehead atoms. The van der Waals surface area contributed by atoms with Gasteiger partial charge in [-0.2, -0.15) is 0 Å². The van der Waals surface area contributed by atoms with Crippen LogP contribution in [0.1, 0.15) is 38.8 Å². The second-order valence-corrected chi connectivity index (χ2v) is 6.56. The van der Waals surface area contributed by atoms with Crippen LogP contribution in [0.4, 0.5) is 0 Å². The maximum Gasteiger partial charge on any atom is 0.0329 e. The zero-order valence-corrected chi connectivity index (χ0v) is 14.4. The largest absolute Gasteiger partial charge is 0.313 e. The van der Waals surface area contributed by atoms with Gasteiger partial charge in [-0.15, -0.1) is 0 Å². The van der Waals surface area contributed by atoms with Crippen molar-refractivity contribution in [3.8, 4) is 0 Å². The Morgan fingerprint density at radius 1 is 1.16 bits per heavy atom. The van der Waals surface area contributed by atoms with Gasteiger partial charge in [0.15, 0.2) is 0 Å². The molecule has 0 aliphatic rings. The highest BCUT2D eigenvalue weighted by Gasteiger charge is 2.15. The zero-order valence-electron chi connectivity index (χ0n) is 12.8. The molecule has 0 aliphatic carbocycles. The molecule has 0 spiro atoms. The maximum absolute atomic E-state index is 3.49. The smallest absolute Gasteiger partial charge is 0.0329 e. The zero-order chi connectivity index (χ0) is 14.4. The van der Waals surface area contributed by atoms with E-state index in [1.807, 2.05) is 7.05 Å². The fourth-order valence-corrected chi connectivity index (χ4v) is 2.48. The van der Waals surface area contributed by atoms with Crippen molar-refractivity contribution in [3.05, 3.63) is 34.3 Å². The van der Waals surface area contributed by atoms with Crippen LogP contribution in [0.2, 0.25) is 0 Å². The highest BCUT2D eigenvalue weighted by atomic mass is 79.9. The second-order valence-electron chi connectivity index (χ2n) is 5.65. The lowest BCUT2D eigenvalue weighted by Gasteiger charge is -2.29. The van der Waals surface area contributed by atoms with Crippen LogP contribution in [0, 0.1) is 5.92 Å². The average Bonchev–Trinajstić information content (AvgIpc) is 2.40. The van der Waals surface area contributed by atoms with Gasteiger partial charge in [-0.25, -0.2) is 0 Å². The Hall–Kier alpha value is -0.380. The van der Waals surface area contributed by atoms with Crippen molar-refractivity contribution in [2.24, 2.45) is 5.92 Å². The van der Waals surface area contributed by atoms with Crippen LogP contribution in [-0.4, -0.2) is 31.6 Å². The molecule has 1 N–H and O–H groups in total. The minimum absolute atomic E-state index is 0.426. The molecule has 1 aromatic carbocycles. The van der Waals surface area contributed by atoms with Gasteiger partial charge in [0.1, 0.15) is 0 Å². The number of halogens is 1. The van der Waals surface area contributed by atoms with Gasteiger partial charge in [-0.3, -0.25) is 0 Å². The first-order valence-electron chi connectivity index (χ1n) is 7.08. The number of rotatable bonds is 7. The molecular formula is C16H27BrN2. The van der Waals surface area contributed by atoms with Gasteiger partial charge in [-0.05, 0) is 57.6 Å². The van der Waals surface area contributed by atoms with E-state index in [1.165, 1.54) is 5.56 Å². The normalized spacial score (nSPS) is 14.9. The number of benzene rings is 1. The Morgan fingerprint density at radius 3 is 2.21 bits per heavy atom. The Bertz CT molecular complexity index is 362. The molecule has 19 heavy (non-hydrogen) atoms. The standard InChI is InChI=1S/C16H27BrN2/c1-12(2)13(3)19(5)11-10-16(18-4)14-6-8-15(17)9-7-14/h6-9,12-13,16,18H,10-11H2,1-5H3. The van der Waals surface area contributed by atoms with Crippen molar-refractivity contribution >= 4 is 15.9 Å². The predicted molar refractivity (Wildman–Crippen MR) is 87.5 cm³/mol. The molecule has 0 heterocycles. The van der Waals surface area contributed by atoms with Gasteiger partial charge in [0, 0.05) is 16.6 Å². The van der Waals surface area contributed by atoms with Crippen molar-refractivity contribution in [2.75, 3.05) is 20.6 Å². The highest BCUT2D eigenvalue weighted by Crippen LogP contribution is 2.20. The van der Waals surface area contributed by atoms with E-state index in [1.54, 1.807) is 0 Å². The van der Waals surface area contributed by atoms with Crippen molar-refractivity contribution in [3.63, 3.8) is 0 Å². The van der Waals surface area contributed by atoms with Crippen LogP contribution in [0.3, 0.4) is 0 Å². The molecule has 2 atom stereocenters. The van der Waals surface area contributed by atoms with Crippen LogP contribution in [0.5, 0.6) is 0 Å². The molecule has 0 fully saturated rings. The van der Waals surface area contributed by atoms with Gasteiger partial charge < -0.3 is 10.2 Å². The van der Waals surface area contributed by atoms with E-state index >= 15 is 0 Å².